The van der Waals surface area contributed by atoms with Gasteiger partial charge in [0.2, 0.25) is 0 Å². The van der Waals surface area contributed by atoms with E-state index >= 15 is 0 Å². The van der Waals surface area contributed by atoms with Crippen molar-refractivity contribution >= 4 is 16.5 Å². The van der Waals surface area contributed by atoms with E-state index in [2.05, 4.69) is 35.9 Å². The monoisotopic (exact) mass is 304 g/mol. The molecule has 0 fully saturated rings. The molecular weight excluding hydrogens is 280 g/mol. The van der Waals surface area contributed by atoms with Crippen molar-refractivity contribution in [1.82, 2.24) is 9.97 Å². The van der Waals surface area contributed by atoms with Gasteiger partial charge in [0, 0.05) is 23.7 Å². The molecule has 2 heterocycles. The van der Waals surface area contributed by atoms with Gasteiger partial charge in [-0.15, -0.1) is 11.3 Å². The number of thiazole rings is 1. The molecule has 2 aromatic rings. The fraction of sp³-hybridized carbons (Fsp3) is 0.500. The Kier molecular flexibility index (Phi) is 5.70. The Bertz CT molecular complexity index is 579. The Morgan fingerprint density at radius 1 is 1.24 bits per heavy atom. The summed E-state index contributed by atoms with van der Waals surface area (Å²) in [6, 6.07) is 6.15. The number of aryl methyl sites for hydroxylation is 2. The van der Waals surface area contributed by atoms with Crippen molar-refractivity contribution in [1.29, 1.82) is 0 Å². The van der Waals surface area contributed by atoms with Crippen LogP contribution >= 0.6 is 11.3 Å². The smallest absolute Gasteiger partial charge is 0.186 e. The van der Waals surface area contributed by atoms with Gasteiger partial charge < -0.3 is 10.6 Å². The van der Waals surface area contributed by atoms with Crippen LogP contribution in [0.1, 0.15) is 42.2 Å². The second-order valence-electron chi connectivity index (χ2n) is 5.10. The lowest BCUT2D eigenvalue weighted by molar-refractivity contribution is 0.792. The molecule has 0 aliphatic rings. The maximum Gasteiger partial charge on any atom is 0.186 e. The van der Waals surface area contributed by atoms with E-state index in [0.717, 1.165) is 48.1 Å². The topological polar surface area (TPSA) is 55.0 Å². The predicted octanol–water partition coefficient (Wildman–Crippen LogP) is 3.28. The van der Waals surface area contributed by atoms with Crippen molar-refractivity contribution in [2.24, 2.45) is 5.73 Å². The standard InChI is InChI=1S/C16H24N4S/c1-4-7-14-15(10-17)21-16(19-14)20(5-2)11-13-9-6-8-12(3)18-13/h6,8-9H,4-5,7,10-11,17H2,1-3H3. The molecule has 5 heteroatoms. The number of hydrogen-bond donors (Lipinski definition) is 1. The lowest BCUT2D eigenvalue weighted by atomic mass is 10.2. The number of nitrogens with zero attached hydrogens (tertiary/aromatic N) is 3. The van der Waals surface area contributed by atoms with Gasteiger partial charge in [0.15, 0.2) is 5.13 Å². The van der Waals surface area contributed by atoms with Crippen LogP contribution in [0.5, 0.6) is 0 Å². The second kappa shape index (κ2) is 7.52. The van der Waals surface area contributed by atoms with Crippen molar-refractivity contribution in [3.63, 3.8) is 0 Å². The van der Waals surface area contributed by atoms with E-state index in [1.54, 1.807) is 11.3 Å². The maximum absolute atomic E-state index is 5.85. The summed E-state index contributed by atoms with van der Waals surface area (Å²) in [6.07, 6.45) is 2.10. The van der Waals surface area contributed by atoms with E-state index in [4.69, 9.17) is 10.7 Å². The molecule has 0 bridgehead atoms. The van der Waals surface area contributed by atoms with Crippen LogP contribution in [0.4, 0.5) is 5.13 Å². The summed E-state index contributed by atoms with van der Waals surface area (Å²) in [5, 5.41) is 1.06. The largest absolute Gasteiger partial charge is 0.342 e. The minimum absolute atomic E-state index is 0.577. The summed E-state index contributed by atoms with van der Waals surface area (Å²) >= 11 is 1.72. The normalized spacial score (nSPS) is 10.9. The first kappa shape index (κ1) is 15.9. The van der Waals surface area contributed by atoms with Crippen LogP contribution in [-0.2, 0) is 19.5 Å². The van der Waals surface area contributed by atoms with Crippen LogP contribution in [0.2, 0.25) is 0 Å². The van der Waals surface area contributed by atoms with Crippen LogP contribution in [0.25, 0.3) is 0 Å². The van der Waals surface area contributed by atoms with Crippen molar-refractivity contribution in [2.75, 3.05) is 11.4 Å². The molecule has 0 saturated heterocycles. The van der Waals surface area contributed by atoms with Gasteiger partial charge in [-0.25, -0.2) is 4.98 Å². The Balaban J connectivity index is 2.20. The molecule has 0 aromatic carbocycles. The molecule has 2 rings (SSSR count). The lowest BCUT2D eigenvalue weighted by Crippen LogP contribution is -2.22. The Hall–Kier alpha value is -1.46. The summed E-state index contributed by atoms with van der Waals surface area (Å²) in [5.41, 5.74) is 9.15. The van der Waals surface area contributed by atoms with E-state index < -0.39 is 0 Å². The third-order valence-corrected chi connectivity index (χ3v) is 4.57. The highest BCUT2D eigenvalue weighted by Crippen LogP contribution is 2.28. The third kappa shape index (κ3) is 4.02. The lowest BCUT2D eigenvalue weighted by Gasteiger charge is -2.19. The van der Waals surface area contributed by atoms with Crippen LogP contribution in [0.3, 0.4) is 0 Å². The summed E-state index contributed by atoms with van der Waals surface area (Å²) < 4.78 is 0. The van der Waals surface area contributed by atoms with Gasteiger partial charge in [0.1, 0.15) is 0 Å². The molecule has 0 aliphatic heterocycles. The van der Waals surface area contributed by atoms with Crippen molar-refractivity contribution < 1.29 is 0 Å². The summed E-state index contributed by atoms with van der Waals surface area (Å²) in [4.78, 5) is 12.9. The van der Waals surface area contributed by atoms with Gasteiger partial charge in [-0.05, 0) is 32.4 Å². The van der Waals surface area contributed by atoms with Crippen LogP contribution in [0, 0.1) is 6.92 Å². The molecule has 0 amide bonds. The highest BCUT2D eigenvalue weighted by molar-refractivity contribution is 7.15. The fourth-order valence-corrected chi connectivity index (χ4v) is 3.34. The number of nitrogens with two attached hydrogens (primary N) is 1. The first-order valence-corrected chi connectivity index (χ1v) is 8.35. The molecule has 0 spiro atoms. The highest BCUT2D eigenvalue weighted by Gasteiger charge is 2.15. The van der Waals surface area contributed by atoms with Crippen molar-refractivity contribution in [3.05, 3.63) is 40.2 Å². The Morgan fingerprint density at radius 3 is 2.67 bits per heavy atom. The van der Waals surface area contributed by atoms with Gasteiger partial charge in [0.05, 0.1) is 17.9 Å². The first-order chi connectivity index (χ1) is 10.2. The number of aromatic nitrogens is 2. The summed E-state index contributed by atoms with van der Waals surface area (Å²) in [7, 11) is 0. The molecule has 21 heavy (non-hydrogen) atoms. The number of rotatable bonds is 7. The first-order valence-electron chi connectivity index (χ1n) is 7.54. The average Bonchev–Trinajstić information content (AvgIpc) is 2.88. The van der Waals surface area contributed by atoms with E-state index in [-0.39, 0.29) is 0 Å². The van der Waals surface area contributed by atoms with Gasteiger partial charge >= 0.3 is 0 Å². The molecule has 0 radical (unpaired) electrons. The third-order valence-electron chi connectivity index (χ3n) is 3.39. The number of hydrogen-bond acceptors (Lipinski definition) is 5. The zero-order valence-corrected chi connectivity index (χ0v) is 13.9. The van der Waals surface area contributed by atoms with Gasteiger partial charge in [-0.2, -0.15) is 0 Å². The van der Waals surface area contributed by atoms with Crippen LogP contribution in [0.15, 0.2) is 18.2 Å². The van der Waals surface area contributed by atoms with Gasteiger partial charge in [0.25, 0.3) is 0 Å². The Labute approximate surface area is 131 Å². The molecule has 2 aromatic heterocycles. The maximum atomic E-state index is 5.85. The SMILES string of the molecule is CCCc1nc(N(CC)Cc2cccc(C)n2)sc1CN. The van der Waals surface area contributed by atoms with Crippen molar-refractivity contribution in [2.45, 2.75) is 46.7 Å². The molecule has 0 aliphatic carbocycles. The quantitative estimate of drug-likeness (QED) is 0.853. The average molecular weight is 304 g/mol. The summed E-state index contributed by atoms with van der Waals surface area (Å²) in [5.74, 6) is 0. The van der Waals surface area contributed by atoms with Crippen LogP contribution < -0.4 is 10.6 Å². The van der Waals surface area contributed by atoms with Crippen molar-refractivity contribution in [3.8, 4) is 0 Å². The minimum Gasteiger partial charge on any atom is -0.342 e. The molecular formula is C16H24N4S. The number of anilines is 1. The molecule has 4 nitrogen and oxygen atoms in total. The minimum atomic E-state index is 0.577. The Morgan fingerprint density at radius 2 is 2.05 bits per heavy atom. The van der Waals surface area contributed by atoms with E-state index in [1.165, 1.54) is 4.88 Å². The molecule has 2 N–H and O–H groups in total. The fourth-order valence-electron chi connectivity index (χ4n) is 2.29. The molecule has 0 saturated carbocycles. The zero-order valence-electron chi connectivity index (χ0n) is 13.1. The molecule has 0 atom stereocenters. The van der Waals surface area contributed by atoms with E-state index in [1.807, 2.05) is 13.0 Å². The van der Waals surface area contributed by atoms with E-state index in [0.29, 0.717) is 6.54 Å². The second-order valence-corrected chi connectivity index (χ2v) is 6.17. The van der Waals surface area contributed by atoms with E-state index in [9.17, 15) is 0 Å². The molecule has 0 unspecified atom stereocenters. The summed E-state index contributed by atoms with van der Waals surface area (Å²) in [6.45, 7) is 8.63. The highest BCUT2D eigenvalue weighted by atomic mass is 32.1. The predicted molar refractivity (Wildman–Crippen MR) is 89.7 cm³/mol. The zero-order chi connectivity index (χ0) is 15.2. The van der Waals surface area contributed by atoms with Gasteiger partial charge in [-0.1, -0.05) is 19.4 Å². The molecule has 114 valence electrons. The van der Waals surface area contributed by atoms with Gasteiger partial charge in [-0.3, -0.25) is 4.98 Å². The van der Waals surface area contributed by atoms with Crippen LogP contribution in [-0.4, -0.2) is 16.5 Å². The number of pyridine rings is 1.